The van der Waals surface area contributed by atoms with Gasteiger partial charge < -0.3 is 9.26 Å². The van der Waals surface area contributed by atoms with Crippen LogP contribution in [-0.4, -0.2) is 16.7 Å². The molecule has 0 amide bonds. The molecule has 5 nitrogen and oxygen atoms in total. The van der Waals surface area contributed by atoms with E-state index in [9.17, 15) is 0 Å². The van der Waals surface area contributed by atoms with Crippen LogP contribution in [0.3, 0.4) is 0 Å². The smallest absolute Gasteiger partial charge is 0.228 e. The summed E-state index contributed by atoms with van der Waals surface area (Å²) >= 11 is 0. The fourth-order valence-electron chi connectivity index (χ4n) is 2.84. The Labute approximate surface area is 120 Å². The lowest BCUT2D eigenvalue weighted by molar-refractivity contribution is -0.0636. The first-order chi connectivity index (χ1) is 9.70. The van der Waals surface area contributed by atoms with Crippen molar-refractivity contribution in [3.8, 4) is 6.07 Å². The van der Waals surface area contributed by atoms with Gasteiger partial charge in [0.2, 0.25) is 11.7 Å². The van der Waals surface area contributed by atoms with E-state index >= 15 is 0 Å². The first-order valence-corrected chi connectivity index (χ1v) is 7.57. The van der Waals surface area contributed by atoms with Crippen LogP contribution in [0.2, 0.25) is 0 Å². The third-order valence-corrected chi connectivity index (χ3v) is 3.91. The van der Waals surface area contributed by atoms with Crippen molar-refractivity contribution in [3.05, 3.63) is 11.7 Å². The predicted molar refractivity (Wildman–Crippen MR) is 73.8 cm³/mol. The van der Waals surface area contributed by atoms with E-state index in [1.54, 1.807) is 0 Å². The number of hydrogen-bond donors (Lipinski definition) is 0. The second-order valence-corrected chi connectivity index (χ2v) is 5.59. The largest absolute Gasteiger partial charge is 0.367 e. The SMILES string of the molecule is CCOC1(c2noc(CC(C)C#N)n2)CCCCCC1. The molecule has 1 aromatic rings. The van der Waals surface area contributed by atoms with Gasteiger partial charge in [-0.2, -0.15) is 10.2 Å². The minimum atomic E-state index is -0.386. The third kappa shape index (κ3) is 3.37. The van der Waals surface area contributed by atoms with Crippen molar-refractivity contribution < 1.29 is 9.26 Å². The van der Waals surface area contributed by atoms with Crippen LogP contribution in [0.4, 0.5) is 0 Å². The van der Waals surface area contributed by atoms with Crippen LogP contribution in [0.5, 0.6) is 0 Å². The molecule has 1 aliphatic rings. The van der Waals surface area contributed by atoms with E-state index in [0.29, 0.717) is 24.7 Å². The minimum absolute atomic E-state index is 0.111. The van der Waals surface area contributed by atoms with E-state index in [1.165, 1.54) is 12.8 Å². The molecule has 1 aromatic heterocycles. The Hall–Kier alpha value is -1.41. The number of ether oxygens (including phenoxy) is 1. The van der Waals surface area contributed by atoms with Gasteiger partial charge in [0.15, 0.2) is 0 Å². The maximum absolute atomic E-state index is 8.86. The van der Waals surface area contributed by atoms with Crippen molar-refractivity contribution in [1.82, 2.24) is 10.1 Å². The van der Waals surface area contributed by atoms with Crippen molar-refractivity contribution >= 4 is 0 Å². The summed E-state index contributed by atoms with van der Waals surface area (Å²) in [6.07, 6.45) is 7.17. The summed E-state index contributed by atoms with van der Waals surface area (Å²) in [4.78, 5) is 4.50. The summed E-state index contributed by atoms with van der Waals surface area (Å²) in [6, 6.07) is 2.19. The second-order valence-electron chi connectivity index (χ2n) is 5.59. The fourth-order valence-corrected chi connectivity index (χ4v) is 2.84. The summed E-state index contributed by atoms with van der Waals surface area (Å²) in [7, 11) is 0. The van der Waals surface area contributed by atoms with Gasteiger partial charge in [-0.3, -0.25) is 0 Å². The Bertz CT molecular complexity index is 456. The maximum atomic E-state index is 8.86. The zero-order valence-electron chi connectivity index (χ0n) is 12.4. The van der Waals surface area contributed by atoms with Gasteiger partial charge in [-0.25, -0.2) is 0 Å². The van der Waals surface area contributed by atoms with E-state index in [4.69, 9.17) is 14.5 Å². The molecule has 0 aliphatic heterocycles. The number of hydrogen-bond acceptors (Lipinski definition) is 5. The topological polar surface area (TPSA) is 71.9 Å². The minimum Gasteiger partial charge on any atom is -0.367 e. The van der Waals surface area contributed by atoms with Gasteiger partial charge in [-0.15, -0.1) is 0 Å². The maximum Gasteiger partial charge on any atom is 0.228 e. The van der Waals surface area contributed by atoms with Crippen LogP contribution in [0.15, 0.2) is 4.52 Å². The summed E-state index contributed by atoms with van der Waals surface area (Å²) in [5.74, 6) is 1.10. The number of aromatic nitrogens is 2. The van der Waals surface area contributed by atoms with Gasteiger partial charge in [0.05, 0.1) is 12.0 Å². The molecule has 0 bridgehead atoms. The van der Waals surface area contributed by atoms with E-state index in [0.717, 1.165) is 25.7 Å². The van der Waals surface area contributed by atoms with Gasteiger partial charge in [-0.05, 0) is 26.7 Å². The van der Waals surface area contributed by atoms with E-state index in [1.807, 2.05) is 13.8 Å². The molecule has 1 heterocycles. The van der Waals surface area contributed by atoms with Crippen LogP contribution >= 0.6 is 0 Å². The normalized spacial score (nSPS) is 20.1. The molecule has 5 heteroatoms. The van der Waals surface area contributed by atoms with Crippen molar-refractivity contribution in [2.75, 3.05) is 6.61 Å². The molecule has 110 valence electrons. The lowest BCUT2D eigenvalue weighted by Gasteiger charge is -2.29. The molecule has 1 fully saturated rings. The molecule has 2 rings (SSSR count). The summed E-state index contributed by atoms with van der Waals surface area (Å²) in [5, 5.41) is 13.0. The summed E-state index contributed by atoms with van der Waals surface area (Å²) in [5.41, 5.74) is -0.386. The molecule has 1 atom stereocenters. The van der Waals surface area contributed by atoms with E-state index in [2.05, 4.69) is 16.2 Å². The highest BCUT2D eigenvalue weighted by Gasteiger charge is 2.38. The average Bonchev–Trinajstić information content (AvgIpc) is 2.78. The Balaban J connectivity index is 2.18. The van der Waals surface area contributed by atoms with Crippen molar-refractivity contribution in [2.24, 2.45) is 5.92 Å². The Morgan fingerprint density at radius 1 is 1.35 bits per heavy atom. The monoisotopic (exact) mass is 277 g/mol. The fraction of sp³-hybridized carbons (Fsp3) is 0.800. The summed E-state index contributed by atoms with van der Waals surface area (Å²) in [6.45, 7) is 4.51. The molecule has 1 unspecified atom stereocenters. The quantitative estimate of drug-likeness (QED) is 0.772. The Morgan fingerprint density at radius 2 is 2.05 bits per heavy atom. The van der Waals surface area contributed by atoms with Crippen molar-refractivity contribution in [2.45, 2.75) is 64.4 Å². The highest BCUT2D eigenvalue weighted by molar-refractivity contribution is 5.04. The molecule has 0 radical (unpaired) electrons. The average molecular weight is 277 g/mol. The van der Waals surface area contributed by atoms with Crippen LogP contribution < -0.4 is 0 Å². The molecule has 0 N–H and O–H groups in total. The molecule has 0 spiro atoms. The zero-order chi connectivity index (χ0) is 14.4. The zero-order valence-corrected chi connectivity index (χ0v) is 12.4. The standard InChI is InChI=1S/C15H23N3O2/c1-3-19-15(8-6-4-5-7-9-15)14-17-13(20-18-14)10-12(2)11-16/h12H,3-10H2,1-2H3. The number of rotatable bonds is 5. The van der Waals surface area contributed by atoms with Crippen molar-refractivity contribution in [3.63, 3.8) is 0 Å². The molecule has 1 aliphatic carbocycles. The van der Waals surface area contributed by atoms with Gasteiger partial charge in [0.1, 0.15) is 5.60 Å². The number of nitrogens with zero attached hydrogens (tertiary/aromatic N) is 3. The van der Waals surface area contributed by atoms with Gasteiger partial charge in [0.25, 0.3) is 0 Å². The van der Waals surface area contributed by atoms with E-state index < -0.39 is 0 Å². The second kappa shape index (κ2) is 6.85. The predicted octanol–water partition coefficient (Wildman–Crippen LogP) is 3.36. The Morgan fingerprint density at radius 3 is 2.65 bits per heavy atom. The van der Waals surface area contributed by atoms with Gasteiger partial charge >= 0.3 is 0 Å². The molecule has 20 heavy (non-hydrogen) atoms. The Kier molecular flexibility index (Phi) is 5.13. The first kappa shape index (κ1) is 15.0. The molecule has 0 saturated heterocycles. The van der Waals surface area contributed by atoms with Gasteiger partial charge in [0, 0.05) is 13.0 Å². The van der Waals surface area contributed by atoms with E-state index in [-0.39, 0.29) is 11.5 Å². The number of nitriles is 1. The van der Waals surface area contributed by atoms with Crippen LogP contribution in [0.1, 0.15) is 64.1 Å². The molecule has 1 saturated carbocycles. The van der Waals surface area contributed by atoms with Crippen LogP contribution in [0, 0.1) is 17.2 Å². The molecule has 0 aromatic carbocycles. The lowest BCUT2D eigenvalue weighted by atomic mass is 9.93. The summed E-state index contributed by atoms with van der Waals surface area (Å²) < 4.78 is 11.3. The van der Waals surface area contributed by atoms with Crippen LogP contribution in [-0.2, 0) is 16.8 Å². The first-order valence-electron chi connectivity index (χ1n) is 7.57. The lowest BCUT2D eigenvalue weighted by Crippen LogP contribution is -2.30. The molecular weight excluding hydrogens is 254 g/mol. The highest BCUT2D eigenvalue weighted by Crippen LogP contribution is 2.38. The third-order valence-electron chi connectivity index (χ3n) is 3.91. The highest BCUT2D eigenvalue weighted by atomic mass is 16.5. The van der Waals surface area contributed by atoms with Crippen molar-refractivity contribution in [1.29, 1.82) is 5.26 Å². The van der Waals surface area contributed by atoms with Crippen LogP contribution in [0.25, 0.3) is 0 Å². The molecular formula is C15H23N3O2. The van der Waals surface area contributed by atoms with Gasteiger partial charge in [-0.1, -0.05) is 30.8 Å².